The van der Waals surface area contributed by atoms with E-state index in [1.807, 2.05) is 49.5 Å². The lowest BCUT2D eigenvalue weighted by Gasteiger charge is -2.20. The van der Waals surface area contributed by atoms with E-state index in [-0.39, 0.29) is 12.8 Å². The van der Waals surface area contributed by atoms with E-state index in [1.165, 1.54) is 0 Å². The van der Waals surface area contributed by atoms with Gasteiger partial charge in [0.25, 0.3) is 0 Å². The van der Waals surface area contributed by atoms with E-state index in [1.54, 1.807) is 30.4 Å². The molecule has 5 N–H and O–H groups in total. The SMILES string of the molecule is CC/C=C\C/C=C\C/C=C\C/C=C\C/C=C\CCCCCC(=O)O[C@H](COC(=O)CCC/C=C\[C@H](O)/C=C/C=C\C/C=C\C=C\[C@H](O)C/C=C\CC)COP(=O)(O)OC[C@@H](O)CO. The molecule has 63 heavy (non-hydrogen) atoms. The maximum absolute atomic E-state index is 12.6. The number of phosphoric acid groups is 1. The van der Waals surface area contributed by atoms with Crippen molar-refractivity contribution >= 4 is 19.8 Å². The first-order chi connectivity index (χ1) is 30.5. The van der Waals surface area contributed by atoms with Crippen LogP contribution in [0.15, 0.2) is 134 Å². The molecule has 13 heteroatoms. The molecule has 0 fully saturated rings. The molecule has 0 aliphatic rings. The summed E-state index contributed by atoms with van der Waals surface area (Å²) in [5.41, 5.74) is 0. The number of hydrogen-bond donors (Lipinski definition) is 5. The average Bonchev–Trinajstić information content (AvgIpc) is 3.26. The molecule has 12 nitrogen and oxygen atoms in total. The van der Waals surface area contributed by atoms with Crippen molar-refractivity contribution in [2.75, 3.05) is 26.4 Å². The van der Waals surface area contributed by atoms with Crippen LogP contribution in [0.2, 0.25) is 0 Å². The number of allylic oxidation sites excluding steroid dienone is 18. The zero-order valence-electron chi connectivity index (χ0n) is 37.7. The Kier molecular flexibility index (Phi) is 40.6. The van der Waals surface area contributed by atoms with E-state index in [9.17, 15) is 34.4 Å². The van der Waals surface area contributed by atoms with Crippen LogP contribution in [0.4, 0.5) is 0 Å². The highest BCUT2D eigenvalue weighted by Gasteiger charge is 2.27. The van der Waals surface area contributed by atoms with Crippen LogP contribution in [0, 0.1) is 0 Å². The van der Waals surface area contributed by atoms with Gasteiger partial charge in [-0.3, -0.25) is 18.6 Å². The summed E-state index contributed by atoms with van der Waals surface area (Å²) in [6.45, 7) is 1.78. The molecule has 0 aliphatic heterocycles. The van der Waals surface area contributed by atoms with Crippen LogP contribution >= 0.6 is 7.82 Å². The Labute approximate surface area is 377 Å². The maximum Gasteiger partial charge on any atom is 0.472 e. The molecule has 0 saturated carbocycles. The van der Waals surface area contributed by atoms with Gasteiger partial charge in [-0.1, -0.05) is 154 Å². The van der Waals surface area contributed by atoms with E-state index in [2.05, 4.69) is 72.2 Å². The summed E-state index contributed by atoms with van der Waals surface area (Å²) in [7, 11) is -4.69. The number of carbonyl (C=O) groups excluding carboxylic acids is 2. The quantitative estimate of drug-likeness (QED) is 0.0129. The third kappa shape index (κ3) is 43.1. The first-order valence-corrected chi connectivity index (χ1v) is 23.9. The molecule has 5 atom stereocenters. The van der Waals surface area contributed by atoms with Crippen molar-refractivity contribution in [1.82, 2.24) is 0 Å². The zero-order valence-corrected chi connectivity index (χ0v) is 38.6. The number of rotatable bonds is 39. The van der Waals surface area contributed by atoms with Gasteiger partial charge in [0, 0.05) is 12.8 Å². The van der Waals surface area contributed by atoms with E-state index in [0.717, 1.165) is 57.8 Å². The number of hydrogen-bond acceptors (Lipinski definition) is 11. The highest BCUT2D eigenvalue weighted by Crippen LogP contribution is 2.43. The smallest absolute Gasteiger partial charge is 0.462 e. The molecule has 0 bridgehead atoms. The number of aliphatic hydroxyl groups is 4. The van der Waals surface area contributed by atoms with Crippen molar-refractivity contribution in [3.63, 3.8) is 0 Å². The van der Waals surface area contributed by atoms with Crippen molar-refractivity contribution in [3.05, 3.63) is 134 Å². The van der Waals surface area contributed by atoms with Gasteiger partial charge in [0.05, 0.1) is 32.0 Å². The van der Waals surface area contributed by atoms with Crippen LogP contribution in [-0.2, 0) is 32.7 Å². The second-order valence-corrected chi connectivity index (χ2v) is 15.8. The molecule has 0 aromatic carbocycles. The normalized spacial score (nSPS) is 16.0. The number of esters is 2. The minimum absolute atomic E-state index is 0.0383. The summed E-state index contributed by atoms with van der Waals surface area (Å²) in [6, 6.07) is 0. The standard InChI is InChI=1S/C50H77O12P/c1-3-5-7-8-9-10-11-12-13-14-15-16-17-18-19-20-24-27-33-40-50(56)62-48(44-61-63(57,58)60-42-47(54)41-51)43-59-49(55)39-34-28-32-38-46(53)37-31-26-23-21-22-25-30-36-45(52)35-29-6-4-2/h5-7,9-10,12-13,15-16,18-19,22-23,25-26,29-32,36-38,45-48,51-54H,3-4,8,11,14,17,20-21,24,27-28,33-35,39-44H2,1-2H3,(H,57,58)/b7-5-,10-9-,13-12-,16-15-,19-18-,25-22-,26-23-,29-6-,36-30+,37-31+,38-32-/t45-,46-,47+,48-/m1/s1. The third-order valence-corrected chi connectivity index (χ3v) is 9.43. The Morgan fingerprint density at radius 2 is 1.10 bits per heavy atom. The monoisotopic (exact) mass is 901 g/mol. The van der Waals surface area contributed by atoms with Gasteiger partial charge < -0.3 is 34.8 Å². The van der Waals surface area contributed by atoms with Crippen molar-refractivity contribution < 1.29 is 58.0 Å². The van der Waals surface area contributed by atoms with Gasteiger partial charge in [-0.15, -0.1) is 0 Å². The molecule has 0 spiro atoms. The molecule has 0 amide bonds. The van der Waals surface area contributed by atoms with Crippen molar-refractivity contribution in [2.24, 2.45) is 0 Å². The topological polar surface area (TPSA) is 189 Å². The highest BCUT2D eigenvalue weighted by molar-refractivity contribution is 7.47. The molecule has 354 valence electrons. The first-order valence-electron chi connectivity index (χ1n) is 22.4. The summed E-state index contributed by atoms with van der Waals surface area (Å²) in [6.07, 6.45) is 50.6. The summed E-state index contributed by atoms with van der Waals surface area (Å²) >= 11 is 0. The molecule has 0 rings (SSSR count). The van der Waals surface area contributed by atoms with Crippen LogP contribution in [0.5, 0.6) is 0 Å². The minimum atomic E-state index is -4.69. The Morgan fingerprint density at radius 1 is 0.556 bits per heavy atom. The molecule has 0 saturated heterocycles. The number of phosphoric ester groups is 1. The lowest BCUT2D eigenvalue weighted by Crippen LogP contribution is -2.29. The lowest BCUT2D eigenvalue weighted by atomic mass is 10.1. The fourth-order valence-electron chi connectivity index (χ4n) is 5.05. The van der Waals surface area contributed by atoms with Gasteiger partial charge in [0.2, 0.25) is 0 Å². The molecule has 0 aliphatic carbocycles. The fraction of sp³-hybridized carbons (Fsp3) is 0.520. The zero-order chi connectivity index (χ0) is 46.5. The highest BCUT2D eigenvalue weighted by atomic mass is 31.2. The van der Waals surface area contributed by atoms with Crippen molar-refractivity contribution in [2.45, 2.75) is 141 Å². The van der Waals surface area contributed by atoms with Gasteiger partial charge >= 0.3 is 19.8 Å². The van der Waals surface area contributed by atoms with Crippen molar-refractivity contribution in [3.8, 4) is 0 Å². The number of unbranched alkanes of at least 4 members (excludes halogenated alkanes) is 4. The van der Waals surface area contributed by atoms with E-state index >= 15 is 0 Å². The van der Waals surface area contributed by atoms with Gasteiger partial charge in [-0.05, 0) is 83.5 Å². The number of carbonyl (C=O) groups is 2. The number of aliphatic hydroxyl groups excluding tert-OH is 4. The molecular formula is C50H77O12P. The maximum atomic E-state index is 12.6. The van der Waals surface area contributed by atoms with Gasteiger partial charge in [-0.25, -0.2) is 4.57 Å². The Bertz CT molecular complexity index is 1530. The van der Waals surface area contributed by atoms with Crippen LogP contribution in [0.25, 0.3) is 0 Å². The van der Waals surface area contributed by atoms with Crippen LogP contribution in [-0.4, -0.2) is 88.1 Å². The Morgan fingerprint density at radius 3 is 1.73 bits per heavy atom. The molecule has 0 heterocycles. The molecular weight excluding hydrogens is 824 g/mol. The summed E-state index contributed by atoms with van der Waals surface area (Å²) < 4.78 is 32.6. The third-order valence-electron chi connectivity index (χ3n) is 8.48. The molecule has 0 aromatic rings. The van der Waals surface area contributed by atoms with E-state index < -0.39 is 70.6 Å². The second kappa shape index (κ2) is 43.3. The summed E-state index contributed by atoms with van der Waals surface area (Å²) in [5, 5.41) is 38.3. The van der Waals surface area contributed by atoms with Crippen LogP contribution in [0.1, 0.15) is 117 Å². The largest absolute Gasteiger partial charge is 0.472 e. The van der Waals surface area contributed by atoms with Crippen molar-refractivity contribution in [1.29, 1.82) is 0 Å². The molecule has 1 unspecified atom stereocenters. The number of ether oxygens (including phenoxy) is 2. The first kappa shape index (κ1) is 59.0. The fourth-order valence-corrected chi connectivity index (χ4v) is 5.84. The summed E-state index contributed by atoms with van der Waals surface area (Å²) in [5.74, 6) is -1.16. The van der Waals surface area contributed by atoms with E-state index in [0.29, 0.717) is 32.1 Å². The Hall–Kier alpha value is -3.97. The average molecular weight is 901 g/mol. The summed E-state index contributed by atoms with van der Waals surface area (Å²) in [4.78, 5) is 35.0. The Balaban J connectivity index is 4.61. The van der Waals surface area contributed by atoms with E-state index in [4.69, 9.17) is 19.1 Å². The predicted octanol–water partition coefficient (Wildman–Crippen LogP) is 10.0. The minimum Gasteiger partial charge on any atom is -0.462 e. The lowest BCUT2D eigenvalue weighted by molar-refractivity contribution is -0.161. The van der Waals surface area contributed by atoms with Gasteiger partial charge in [0.15, 0.2) is 6.10 Å². The predicted molar refractivity (Wildman–Crippen MR) is 253 cm³/mol. The van der Waals surface area contributed by atoms with Crippen LogP contribution < -0.4 is 0 Å². The van der Waals surface area contributed by atoms with Gasteiger partial charge in [-0.2, -0.15) is 0 Å². The van der Waals surface area contributed by atoms with Crippen LogP contribution in [0.3, 0.4) is 0 Å². The second-order valence-electron chi connectivity index (χ2n) is 14.4. The molecule has 0 radical (unpaired) electrons. The molecule has 0 aromatic heterocycles. The van der Waals surface area contributed by atoms with Gasteiger partial charge in [0.1, 0.15) is 12.7 Å².